The first-order chi connectivity index (χ1) is 22.1. The molecule has 0 saturated carbocycles. The van der Waals surface area contributed by atoms with Crippen molar-refractivity contribution in [2.75, 3.05) is 4.90 Å². The molecule has 0 radical (unpaired) electrons. The van der Waals surface area contributed by atoms with Gasteiger partial charge < -0.3 is 4.90 Å². The highest BCUT2D eigenvalue weighted by Gasteiger charge is 2.12. The fourth-order valence-corrected chi connectivity index (χ4v) is 6.10. The van der Waals surface area contributed by atoms with Crippen LogP contribution in [-0.2, 0) is 0 Å². The first-order valence-corrected chi connectivity index (χ1v) is 15.4. The monoisotopic (exact) mass is 613 g/mol. The first-order valence-electron chi connectivity index (χ1n) is 13.7. The van der Waals surface area contributed by atoms with E-state index in [-0.39, 0.29) is 11.1 Å². The summed E-state index contributed by atoms with van der Waals surface area (Å²) in [6.45, 7) is 0. The second kappa shape index (κ2) is 14.8. The van der Waals surface area contributed by atoms with E-state index in [1.807, 2.05) is 91.0 Å². The summed E-state index contributed by atoms with van der Waals surface area (Å²) in [5.41, 5.74) is 5.38. The van der Waals surface area contributed by atoms with Crippen LogP contribution in [-0.4, -0.2) is 0 Å². The molecule has 0 amide bonds. The topological polar surface area (TPSA) is 98.4 Å². The second-order valence-electron chi connectivity index (χ2n) is 9.56. The van der Waals surface area contributed by atoms with Crippen LogP contribution in [0.5, 0.6) is 0 Å². The number of thiophene rings is 2. The molecule has 5 nitrogen and oxygen atoms in total. The fraction of sp³-hybridized carbons (Fsp3) is 0. The maximum Gasteiger partial charge on any atom is 0.131 e. The van der Waals surface area contributed by atoms with Crippen molar-refractivity contribution in [3.05, 3.63) is 145 Å². The van der Waals surface area contributed by atoms with Crippen LogP contribution in [0.1, 0.15) is 30.6 Å². The Bertz CT molecular complexity index is 1920. The van der Waals surface area contributed by atoms with E-state index in [2.05, 4.69) is 65.6 Å². The number of allylic oxidation sites excluding steroid dienone is 2. The number of anilines is 3. The summed E-state index contributed by atoms with van der Waals surface area (Å²) < 4.78 is 0. The van der Waals surface area contributed by atoms with Crippen molar-refractivity contribution in [3.8, 4) is 24.3 Å². The van der Waals surface area contributed by atoms with Gasteiger partial charge in [-0.1, -0.05) is 54.6 Å². The van der Waals surface area contributed by atoms with E-state index < -0.39 is 0 Å². The molecule has 5 aromatic rings. The molecule has 7 heteroatoms. The predicted octanol–water partition coefficient (Wildman–Crippen LogP) is 10.5. The minimum absolute atomic E-state index is 0.0902. The van der Waals surface area contributed by atoms with E-state index in [4.69, 9.17) is 21.0 Å². The number of nitrogens with zero attached hydrogens (tertiary/aromatic N) is 5. The molecule has 0 aliphatic carbocycles. The van der Waals surface area contributed by atoms with Crippen LogP contribution < -0.4 is 4.90 Å². The van der Waals surface area contributed by atoms with Gasteiger partial charge >= 0.3 is 0 Å². The Morgan fingerprint density at radius 3 is 1.22 bits per heavy atom. The molecule has 0 spiro atoms. The maximum absolute atomic E-state index is 8.99. The molecule has 0 saturated heterocycles. The summed E-state index contributed by atoms with van der Waals surface area (Å²) in [7, 11) is 0. The van der Waals surface area contributed by atoms with Gasteiger partial charge in [0.15, 0.2) is 0 Å². The number of para-hydroxylation sites is 1. The summed E-state index contributed by atoms with van der Waals surface area (Å²) in [6, 6.07) is 42.3. The third kappa shape index (κ3) is 7.99. The number of rotatable bonds is 9. The molecule has 3 aromatic carbocycles. The van der Waals surface area contributed by atoms with E-state index in [1.54, 1.807) is 12.2 Å². The average molecular weight is 614 g/mol. The highest BCUT2D eigenvalue weighted by Crippen LogP contribution is 2.35. The lowest BCUT2D eigenvalue weighted by atomic mass is 10.1. The standard InChI is InChI=1S/C38H23N5S2/c39-24-30(25-40)22-37-20-18-35(44-37)16-10-28-6-12-33(13-7-28)43(32-4-2-1-3-5-32)34-14-8-29(9-15-34)11-17-36-19-21-38(45-36)23-31(26-41)27-42/h1-23H/b16-10+,17-11+. The maximum atomic E-state index is 8.99. The molecule has 5 rings (SSSR count). The molecule has 0 N–H and O–H groups in total. The SMILES string of the molecule is N#CC(C#N)=Cc1ccc(/C=C/c2ccc(N(c3ccccc3)c3ccc(/C=C/c4ccc(C=C(C#N)C#N)s4)cc3)cc2)s1. The molecule has 45 heavy (non-hydrogen) atoms. The van der Waals surface area contributed by atoms with Gasteiger partial charge in [0.2, 0.25) is 0 Å². The van der Waals surface area contributed by atoms with E-state index in [9.17, 15) is 0 Å². The molecule has 0 fully saturated rings. The van der Waals surface area contributed by atoms with Crippen molar-refractivity contribution in [1.29, 1.82) is 21.0 Å². The van der Waals surface area contributed by atoms with Gasteiger partial charge in [0.05, 0.1) is 0 Å². The number of hydrogen-bond donors (Lipinski definition) is 0. The van der Waals surface area contributed by atoms with Gasteiger partial charge in [0, 0.05) is 36.6 Å². The Morgan fingerprint density at radius 1 is 0.444 bits per heavy atom. The van der Waals surface area contributed by atoms with Crippen molar-refractivity contribution >= 4 is 76.2 Å². The van der Waals surface area contributed by atoms with Gasteiger partial charge in [-0.2, -0.15) is 21.0 Å². The highest BCUT2D eigenvalue weighted by atomic mass is 32.1. The van der Waals surface area contributed by atoms with Gasteiger partial charge in [-0.3, -0.25) is 0 Å². The number of benzene rings is 3. The van der Waals surface area contributed by atoms with Crippen molar-refractivity contribution in [2.24, 2.45) is 0 Å². The quantitative estimate of drug-likeness (QED) is 0.154. The third-order valence-electron chi connectivity index (χ3n) is 6.55. The van der Waals surface area contributed by atoms with Crippen LogP contribution in [0.4, 0.5) is 17.1 Å². The normalized spacial score (nSPS) is 10.4. The Morgan fingerprint density at radius 2 is 0.822 bits per heavy atom. The smallest absolute Gasteiger partial charge is 0.131 e. The van der Waals surface area contributed by atoms with E-state index in [1.165, 1.54) is 22.7 Å². The fourth-order valence-electron chi connectivity index (χ4n) is 4.38. The molecule has 2 heterocycles. The summed E-state index contributed by atoms with van der Waals surface area (Å²) in [4.78, 5) is 6.00. The van der Waals surface area contributed by atoms with Crippen LogP contribution in [0, 0.1) is 45.3 Å². The zero-order valence-electron chi connectivity index (χ0n) is 23.8. The van der Waals surface area contributed by atoms with Crippen molar-refractivity contribution in [2.45, 2.75) is 0 Å². The van der Waals surface area contributed by atoms with E-state index in [0.29, 0.717) is 0 Å². The second-order valence-corrected chi connectivity index (χ2v) is 11.9. The molecule has 0 bridgehead atoms. The minimum Gasteiger partial charge on any atom is -0.311 e. The number of nitriles is 4. The molecule has 0 aliphatic heterocycles. The van der Waals surface area contributed by atoms with Crippen LogP contribution in [0.25, 0.3) is 36.5 Å². The molecular formula is C38H23N5S2. The Balaban J connectivity index is 1.33. The zero-order valence-corrected chi connectivity index (χ0v) is 25.5. The van der Waals surface area contributed by atoms with Crippen LogP contribution in [0.15, 0.2) is 114 Å². The van der Waals surface area contributed by atoms with Crippen molar-refractivity contribution in [3.63, 3.8) is 0 Å². The van der Waals surface area contributed by atoms with Crippen molar-refractivity contribution in [1.82, 2.24) is 0 Å². The third-order valence-corrected chi connectivity index (χ3v) is 8.54. The lowest BCUT2D eigenvalue weighted by molar-refractivity contribution is 1.28. The van der Waals surface area contributed by atoms with Crippen LogP contribution in [0.3, 0.4) is 0 Å². The minimum atomic E-state index is 0.0902. The molecule has 0 atom stereocenters. The molecule has 0 unspecified atom stereocenters. The van der Waals surface area contributed by atoms with Crippen LogP contribution >= 0.6 is 22.7 Å². The van der Waals surface area contributed by atoms with E-state index >= 15 is 0 Å². The lowest BCUT2D eigenvalue weighted by Gasteiger charge is -2.25. The van der Waals surface area contributed by atoms with Gasteiger partial charge in [-0.25, -0.2) is 0 Å². The highest BCUT2D eigenvalue weighted by molar-refractivity contribution is 7.14. The summed E-state index contributed by atoms with van der Waals surface area (Å²) in [6.07, 6.45) is 11.3. The number of hydrogen-bond acceptors (Lipinski definition) is 7. The van der Waals surface area contributed by atoms with Crippen molar-refractivity contribution < 1.29 is 0 Å². The zero-order chi connectivity index (χ0) is 31.4. The first kappa shape index (κ1) is 30.2. The Hall–Kier alpha value is -6.22. The van der Waals surface area contributed by atoms with E-state index in [0.717, 1.165) is 47.7 Å². The summed E-state index contributed by atoms with van der Waals surface area (Å²) in [5, 5.41) is 36.0. The van der Waals surface area contributed by atoms with Crippen LogP contribution in [0.2, 0.25) is 0 Å². The average Bonchev–Trinajstić information content (AvgIpc) is 3.75. The predicted molar refractivity (Wildman–Crippen MR) is 186 cm³/mol. The Labute approximate surface area is 270 Å². The van der Waals surface area contributed by atoms with Gasteiger partial charge in [0.1, 0.15) is 35.4 Å². The molecule has 2 aromatic heterocycles. The largest absolute Gasteiger partial charge is 0.311 e. The molecular weight excluding hydrogens is 591 g/mol. The van der Waals surface area contributed by atoms with Gasteiger partial charge in [-0.15, -0.1) is 22.7 Å². The Kier molecular flexibility index (Phi) is 9.94. The summed E-state index contributed by atoms with van der Waals surface area (Å²) >= 11 is 3.04. The molecule has 212 valence electrons. The lowest BCUT2D eigenvalue weighted by Crippen LogP contribution is -2.09. The molecule has 0 aliphatic rings. The van der Waals surface area contributed by atoms with Gasteiger partial charge in [0.25, 0.3) is 0 Å². The summed E-state index contributed by atoms with van der Waals surface area (Å²) in [5.74, 6) is 0. The van der Waals surface area contributed by atoms with Gasteiger partial charge in [-0.05, 0) is 96.1 Å².